The molecule has 1 N–H and O–H groups in total. The zero-order valence-electron chi connectivity index (χ0n) is 10.7. The van der Waals surface area contributed by atoms with Crippen LogP contribution in [-0.2, 0) is 0 Å². The molecule has 1 saturated heterocycles. The quantitative estimate of drug-likeness (QED) is 0.907. The van der Waals surface area contributed by atoms with Gasteiger partial charge in [0.2, 0.25) is 0 Å². The van der Waals surface area contributed by atoms with E-state index in [0.717, 1.165) is 18.8 Å². The molecule has 0 aliphatic carbocycles. The predicted molar refractivity (Wildman–Crippen MR) is 70.7 cm³/mol. The van der Waals surface area contributed by atoms with E-state index in [1.807, 2.05) is 30.3 Å². The number of nitrogens with one attached hydrogen (secondary N) is 1. The molecule has 98 valence electrons. The number of benzene rings is 1. The van der Waals surface area contributed by atoms with Gasteiger partial charge in [0.05, 0.1) is 12.8 Å². The van der Waals surface area contributed by atoms with Gasteiger partial charge in [0.25, 0.3) is 0 Å². The topological polar surface area (TPSA) is 56.3 Å². The first kappa shape index (κ1) is 11.9. The first-order valence-corrected chi connectivity index (χ1v) is 6.21. The molecule has 1 aromatic carbocycles. The van der Waals surface area contributed by atoms with E-state index < -0.39 is 0 Å². The molecule has 0 unspecified atom stereocenters. The summed E-state index contributed by atoms with van der Waals surface area (Å²) in [5.74, 6) is 1.75. The van der Waals surface area contributed by atoms with Crippen molar-refractivity contribution < 1.29 is 9.47 Å². The molecular formula is C14H15N3O2. The summed E-state index contributed by atoms with van der Waals surface area (Å²) in [5, 5.41) is 3.23. The van der Waals surface area contributed by atoms with Crippen molar-refractivity contribution >= 4 is 0 Å². The van der Waals surface area contributed by atoms with Gasteiger partial charge >= 0.3 is 6.01 Å². The normalized spacial score (nSPS) is 14.8. The summed E-state index contributed by atoms with van der Waals surface area (Å²) in [7, 11) is 1.61. The van der Waals surface area contributed by atoms with Gasteiger partial charge in [0.1, 0.15) is 0 Å². The van der Waals surface area contributed by atoms with Crippen molar-refractivity contribution in [2.45, 2.75) is 5.92 Å². The maximum Gasteiger partial charge on any atom is 0.322 e. The van der Waals surface area contributed by atoms with E-state index in [-0.39, 0.29) is 0 Å². The summed E-state index contributed by atoms with van der Waals surface area (Å²) >= 11 is 0. The summed E-state index contributed by atoms with van der Waals surface area (Å²) in [4.78, 5) is 8.58. The molecule has 0 bridgehead atoms. The van der Waals surface area contributed by atoms with Crippen molar-refractivity contribution in [3.8, 4) is 17.5 Å². The van der Waals surface area contributed by atoms with Gasteiger partial charge in [0, 0.05) is 25.2 Å². The highest BCUT2D eigenvalue weighted by Crippen LogP contribution is 2.29. The minimum Gasteiger partial charge on any atom is -0.493 e. The van der Waals surface area contributed by atoms with Gasteiger partial charge in [-0.05, 0) is 18.2 Å². The lowest BCUT2D eigenvalue weighted by atomic mass is 9.99. The van der Waals surface area contributed by atoms with E-state index in [2.05, 4.69) is 15.3 Å². The fourth-order valence-electron chi connectivity index (χ4n) is 1.93. The monoisotopic (exact) mass is 257 g/mol. The Balaban J connectivity index is 1.82. The van der Waals surface area contributed by atoms with Gasteiger partial charge in [-0.15, -0.1) is 0 Å². The first-order chi connectivity index (χ1) is 9.36. The van der Waals surface area contributed by atoms with Crippen LogP contribution in [0.2, 0.25) is 0 Å². The highest BCUT2D eigenvalue weighted by Gasteiger charge is 2.21. The number of rotatable bonds is 4. The molecule has 0 saturated carbocycles. The van der Waals surface area contributed by atoms with Gasteiger partial charge < -0.3 is 14.8 Å². The summed E-state index contributed by atoms with van der Waals surface area (Å²) in [6.07, 6.45) is 1.73. The Hall–Kier alpha value is -2.14. The number of hydrogen-bond donors (Lipinski definition) is 1. The van der Waals surface area contributed by atoms with Crippen molar-refractivity contribution in [2.75, 3.05) is 20.2 Å². The van der Waals surface area contributed by atoms with E-state index in [1.165, 1.54) is 0 Å². The molecule has 0 amide bonds. The van der Waals surface area contributed by atoms with Crippen LogP contribution in [0, 0.1) is 0 Å². The number of ether oxygens (including phenoxy) is 2. The average molecular weight is 257 g/mol. The number of hydrogen-bond acceptors (Lipinski definition) is 5. The fourth-order valence-corrected chi connectivity index (χ4v) is 1.93. The van der Waals surface area contributed by atoms with Crippen LogP contribution in [-0.4, -0.2) is 30.2 Å². The maximum absolute atomic E-state index is 5.69. The lowest BCUT2D eigenvalue weighted by Gasteiger charge is -2.26. The van der Waals surface area contributed by atoms with E-state index in [9.17, 15) is 0 Å². The summed E-state index contributed by atoms with van der Waals surface area (Å²) in [6.45, 7) is 1.93. The molecule has 5 heteroatoms. The van der Waals surface area contributed by atoms with E-state index in [0.29, 0.717) is 23.4 Å². The van der Waals surface area contributed by atoms with Crippen molar-refractivity contribution in [3.63, 3.8) is 0 Å². The van der Waals surface area contributed by atoms with Gasteiger partial charge in [-0.25, -0.2) is 4.98 Å². The van der Waals surface area contributed by atoms with E-state index >= 15 is 0 Å². The van der Waals surface area contributed by atoms with Gasteiger partial charge in [-0.1, -0.05) is 12.1 Å². The third-order valence-corrected chi connectivity index (χ3v) is 3.13. The van der Waals surface area contributed by atoms with Crippen LogP contribution in [0.5, 0.6) is 17.5 Å². The third-order valence-electron chi connectivity index (χ3n) is 3.13. The number of aromatic nitrogens is 2. The van der Waals surface area contributed by atoms with E-state index in [1.54, 1.807) is 13.3 Å². The van der Waals surface area contributed by atoms with Crippen molar-refractivity contribution in [1.29, 1.82) is 0 Å². The Morgan fingerprint density at radius 3 is 2.63 bits per heavy atom. The molecule has 0 spiro atoms. The van der Waals surface area contributed by atoms with Crippen LogP contribution in [0.15, 0.2) is 36.5 Å². The minimum absolute atomic E-state index is 0.355. The summed E-state index contributed by atoms with van der Waals surface area (Å²) in [5.41, 5.74) is 1.01. The minimum atomic E-state index is 0.355. The molecule has 2 aromatic rings. The number of para-hydroxylation sites is 2. The van der Waals surface area contributed by atoms with Gasteiger partial charge in [0.15, 0.2) is 11.5 Å². The summed E-state index contributed by atoms with van der Waals surface area (Å²) in [6, 6.07) is 9.74. The molecule has 3 rings (SSSR count). The van der Waals surface area contributed by atoms with Crippen LogP contribution in [0.25, 0.3) is 0 Å². The van der Waals surface area contributed by atoms with Crippen molar-refractivity contribution in [3.05, 3.63) is 42.2 Å². The molecule has 1 aliphatic heterocycles. The Labute approximate surface area is 111 Å². The zero-order chi connectivity index (χ0) is 13.1. The van der Waals surface area contributed by atoms with Gasteiger partial charge in [-0.3, -0.25) is 0 Å². The maximum atomic E-state index is 5.69. The SMILES string of the molecule is COc1ccccc1Oc1nccc(C2CNC2)n1. The standard InChI is InChI=1S/C14H15N3O2/c1-18-12-4-2-3-5-13(12)19-14-16-7-6-11(17-14)10-8-15-9-10/h2-7,10,15H,8-9H2,1H3. The second-order valence-electron chi connectivity index (χ2n) is 4.37. The smallest absolute Gasteiger partial charge is 0.322 e. The highest BCUT2D eigenvalue weighted by atomic mass is 16.5. The Morgan fingerprint density at radius 2 is 1.95 bits per heavy atom. The predicted octanol–water partition coefficient (Wildman–Crippen LogP) is 1.96. The largest absolute Gasteiger partial charge is 0.493 e. The van der Waals surface area contributed by atoms with Crippen molar-refractivity contribution in [1.82, 2.24) is 15.3 Å². The molecule has 1 aliphatic rings. The first-order valence-electron chi connectivity index (χ1n) is 6.21. The molecular weight excluding hydrogens is 242 g/mol. The molecule has 5 nitrogen and oxygen atoms in total. The number of nitrogens with zero attached hydrogens (tertiary/aromatic N) is 2. The lowest BCUT2D eigenvalue weighted by molar-refractivity contribution is 0.364. The summed E-state index contributed by atoms with van der Waals surface area (Å²) < 4.78 is 10.9. The Bertz CT molecular complexity index is 570. The van der Waals surface area contributed by atoms with Crippen LogP contribution >= 0.6 is 0 Å². The molecule has 0 atom stereocenters. The van der Waals surface area contributed by atoms with E-state index in [4.69, 9.17) is 9.47 Å². The molecule has 19 heavy (non-hydrogen) atoms. The molecule has 1 aromatic heterocycles. The van der Waals surface area contributed by atoms with Crippen molar-refractivity contribution in [2.24, 2.45) is 0 Å². The second kappa shape index (κ2) is 5.24. The number of methoxy groups -OCH3 is 1. The third kappa shape index (κ3) is 2.51. The van der Waals surface area contributed by atoms with Crippen LogP contribution < -0.4 is 14.8 Å². The zero-order valence-corrected chi connectivity index (χ0v) is 10.7. The molecule has 2 heterocycles. The van der Waals surface area contributed by atoms with Crippen LogP contribution in [0.1, 0.15) is 11.6 Å². The van der Waals surface area contributed by atoms with Gasteiger partial charge in [-0.2, -0.15) is 4.98 Å². The highest BCUT2D eigenvalue weighted by molar-refractivity contribution is 5.40. The Kier molecular flexibility index (Phi) is 3.29. The molecule has 1 fully saturated rings. The second-order valence-corrected chi connectivity index (χ2v) is 4.37. The lowest BCUT2D eigenvalue weighted by Crippen LogP contribution is -2.40. The average Bonchev–Trinajstić information content (AvgIpc) is 2.38. The molecule has 0 radical (unpaired) electrons. The Morgan fingerprint density at radius 1 is 1.16 bits per heavy atom. The van der Waals surface area contributed by atoms with Crippen LogP contribution in [0.4, 0.5) is 0 Å². The fraction of sp³-hybridized carbons (Fsp3) is 0.286. The van der Waals surface area contributed by atoms with Crippen LogP contribution in [0.3, 0.4) is 0 Å².